The predicted octanol–water partition coefficient (Wildman–Crippen LogP) is 2.67. The van der Waals surface area contributed by atoms with E-state index in [9.17, 15) is 4.79 Å². The second kappa shape index (κ2) is 5.36. The highest BCUT2D eigenvalue weighted by Gasteiger charge is 2.14. The summed E-state index contributed by atoms with van der Waals surface area (Å²) < 4.78 is 0.803. The number of halogens is 1. The molecular formula is C11H8BrN3O2S. The Bertz CT molecular complexity index is 607. The Labute approximate surface area is 116 Å². The van der Waals surface area contributed by atoms with Gasteiger partial charge in [0.05, 0.1) is 15.7 Å². The molecule has 0 atom stereocenters. The SMILES string of the molecule is Nc1c(C(=O)O)ccnc1Sc1ncccc1Br. The standard InChI is InChI=1S/C11H8BrN3O2S/c12-7-2-1-4-14-9(7)18-10-8(13)6(11(16)17)3-5-15-10/h1-5H,13H2,(H,16,17). The summed E-state index contributed by atoms with van der Waals surface area (Å²) in [5.74, 6) is -1.07. The van der Waals surface area contributed by atoms with Gasteiger partial charge in [-0.2, -0.15) is 0 Å². The van der Waals surface area contributed by atoms with Crippen molar-refractivity contribution in [3.8, 4) is 0 Å². The Morgan fingerprint density at radius 3 is 2.67 bits per heavy atom. The molecule has 0 saturated carbocycles. The number of anilines is 1. The van der Waals surface area contributed by atoms with Gasteiger partial charge in [-0.3, -0.25) is 0 Å². The molecular weight excluding hydrogens is 318 g/mol. The van der Waals surface area contributed by atoms with Crippen molar-refractivity contribution in [2.45, 2.75) is 10.1 Å². The first-order valence-corrected chi connectivity index (χ1v) is 6.46. The second-order valence-corrected chi connectivity index (χ2v) is 5.11. The number of nitrogen functional groups attached to an aromatic ring is 1. The molecule has 0 fully saturated rings. The second-order valence-electron chi connectivity index (χ2n) is 3.27. The molecule has 2 heterocycles. The van der Waals surface area contributed by atoms with Crippen LogP contribution in [-0.2, 0) is 0 Å². The number of aromatic nitrogens is 2. The molecule has 5 nitrogen and oxygen atoms in total. The van der Waals surface area contributed by atoms with Gasteiger partial charge in [0.15, 0.2) is 0 Å². The van der Waals surface area contributed by atoms with Crippen molar-refractivity contribution in [2.24, 2.45) is 0 Å². The van der Waals surface area contributed by atoms with Gasteiger partial charge in [0.25, 0.3) is 0 Å². The molecule has 3 N–H and O–H groups in total. The van der Waals surface area contributed by atoms with Crippen LogP contribution < -0.4 is 5.73 Å². The molecule has 2 aromatic rings. The van der Waals surface area contributed by atoms with Crippen LogP contribution in [0.2, 0.25) is 0 Å². The van der Waals surface area contributed by atoms with Crippen LogP contribution in [0, 0.1) is 0 Å². The molecule has 92 valence electrons. The summed E-state index contributed by atoms with van der Waals surface area (Å²) >= 11 is 4.57. The molecule has 7 heteroatoms. The molecule has 2 rings (SSSR count). The smallest absolute Gasteiger partial charge is 0.337 e. The van der Waals surface area contributed by atoms with Gasteiger partial charge in [-0.25, -0.2) is 14.8 Å². The number of carboxylic acids is 1. The number of hydrogen-bond acceptors (Lipinski definition) is 5. The average molecular weight is 326 g/mol. The van der Waals surface area contributed by atoms with E-state index in [2.05, 4.69) is 25.9 Å². The van der Waals surface area contributed by atoms with Crippen LogP contribution in [-0.4, -0.2) is 21.0 Å². The van der Waals surface area contributed by atoms with E-state index in [1.165, 1.54) is 24.0 Å². The minimum Gasteiger partial charge on any atom is -0.478 e. The molecule has 0 aliphatic rings. The van der Waals surface area contributed by atoms with Crippen molar-refractivity contribution < 1.29 is 9.90 Å². The van der Waals surface area contributed by atoms with Gasteiger partial charge in [0.2, 0.25) is 0 Å². The third-order valence-electron chi connectivity index (χ3n) is 2.10. The maximum absolute atomic E-state index is 11.0. The van der Waals surface area contributed by atoms with Gasteiger partial charge in [-0.1, -0.05) is 0 Å². The van der Waals surface area contributed by atoms with Crippen molar-refractivity contribution in [2.75, 3.05) is 5.73 Å². The predicted molar refractivity (Wildman–Crippen MR) is 71.7 cm³/mol. The van der Waals surface area contributed by atoms with Crippen LogP contribution in [0.1, 0.15) is 10.4 Å². The lowest BCUT2D eigenvalue weighted by Gasteiger charge is -2.07. The first-order chi connectivity index (χ1) is 8.59. The Morgan fingerprint density at radius 2 is 2.00 bits per heavy atom. The highest BCUT2D eigenvalue weighted by molar-refractivity contribution is 9.10. The molecule has 0 bridgehead atoms. The number of nitrogens with two attached hydrogens (primary N) is 1. The lowest BCUT2D eigenvalue weighted by Crippen LogP contribution is -2.04. The van der Waals surface area contributed by atoms with E-state index in [4.69, 9.17) is 10.8 Å². The van der Waals surface area contributed by atoms with Gasteiger partial charge in [-0.05, 0) is 45.9 Å². The zero-order valence-electron chi connectivity index (χ0n) is 9.00. The number of carboxylic acid groups (broad SMARTS) is 1. The Morgan fingerprint density at radius 1 is 1.28 bits per heavy atom. The summed E-state index contributed by atoms with van der Waals surface area (Å²) in [5.41, 5.74) is 5.96. The average Bonchev–Trinajstić information content (AvgIpc) is 2.34. The normalized spacial score (nSPS) is 10.3. The number of carbonyl (C=O) groups is 1. The van der Waals surface area contributed by atoms with Gasteiger partial charge in [-0.15, -0.1) is 0 Å². The maximum Gasteiger partial charge on any atom is 0.337 e. The molecule has 0 radical (unpaired) electrons. The van der Waals surface area contributed by atoms with Crippen molar-refractivity contribution in [3.05, 3.63) is 40.6 Å². The molecule has 0 unspecified atom stereocenters. The Hall–Kier alpha value is -1.60. The van der Waals surface area contributed by atoms with E-state index < -0.39 is 5.97 Å². The maximum atomic E-state index is 11.0. The van der Waals surface area contributed by atoms with Gasteiger partial charge >= 0.3 is 5.97 Å². The topological polar surface area (TPSA) is 89.1 Å². The lowest BCUT2D eigenvalue weighted by atomic mass is 10.2. The fourth-order valence-corrected chi connectivity index (χ4v) is 2.55. The van der Waals surface area contributed by atoms with Crippen molar-refractivity contribution in [3.63, 3.8) is 0 Å². The summed E-state index contributed by atoms with van der Waals surface area (Å²) in [7, 11) is 0. The Kier molecular flexibility index (Phi) is 3.83. The number of hydrogen-bond donors (Lipinski definition) is 2. The summed E-state index contributed by atoms with van der Waals surface area (Å²) in [6, 6.07) is 5.00. The Balaban J connectivity index is 2.39. The molecule has 0 aliphatic carbocycles. The first kappa shape index (κ1) is 12.8. The number of nitrogens with zero attached hydrogens (tertiary/aromatic N) is 2. The van der Waals surface area contributed by atoms with Crippen LogP contribution in [0.4, 0.5) is 5.69 Å². The van der Waals surface area contributed by atoms with Gasteiger partial charge in [0, 0.05) is 12.4 Å². The highest BCUT2D eigenvalue weighted by atomic mass is 79.9. The molecule has 0 saturated heterocycles. The first-order valence-electron chi connectivity index (χ1n) is 4.85. The van der Waals surface area contributed by atoms with Crippen LogP contribution in [0.5, 0.6) is 0 Å². The largest absolute Gasteiger partial charge is 0.478 e. The molecule has 0 spiro atoms. The summed E-state index contributed by atoms with van der Waals surface area (Å²) in [4.78, 5) is 19.2. The lowest BCUT2D eigenvalue weighted by molar-refractivity contribution is 0.0697. The number of rotatable bonds is 3. The van der Waals surface area contributed by atoms with Crippen molar-refractivity contribution >= 4 is 39.3 Å². The van der Waals surface area contributed by atoms with E-state index in [1.807, 2.05) is 6.07 Å². The molecule has 2 aromatic heterocycles. The minimum absolute atomic E-state index is 0.0413. The van der Waals surface area contributed by atoms with Gasteiger partial charge < -0.3 is 10.8 Å². The van der Waals surface area contributed by atoms with E-state index >= 15 is 0 Å². The van der Waals surface area contributed by atoms with E-state index in [-0.39, 0.29) is 11.3 Å². The third kappa shape index (κ3) is 2.62. The highest BCUT2D eigenvalue weighted by Crippen LogP contribution is 2.34. The van der Waals surface area contributed by atoms with Crippen LogP contribution in [0.25, 0.3) is 0 Å². The number of aromatic carboxylic acids is 1. The minimum atomic E-state index is -1.07. The van der Waals surface area contributed by atoms with Crippen LogP contribution in [0.15, 0.2) is 45.1 Å². The summed E-state index contributed by atoms with van der Waals surface area (Å²) in [6.07, 6.45) is 3.06. The molecule has 0 aliphatic heterocycles. The van der Waals surface area contributed by atoms with E-state index in [1.54, 1.807) is 12.3 Å². The van der Waals surface area contributed by atoms with Crippen molar-refractivity contribution in [1.29, 1.82) is 0 Å². The van der Waals surface area contributed by atoms with Gasteiger partial charge in [0.1, 0.15) is 10.1 Å². The monoisotopic (exact) mass is 325 g/mol. The van der Waals surface area contributed by atoms with E-state index in [0.717, 1.165) is 4.47 Å². The zero-order valence-corrected chi connectivity index (χ0v) is 11.4. The molecule has 0 aromatic carbocycles. The molecule has 0 amide bonds. The van der Waals surface area contributed by atoms with Crippen LogP contribution in [0.3, 0.4) is 0 Å². The fraction of sp³-hybridized carbons (Fsp3) is 0. The van der Waals surface area contributed by atoms with E-state index in [0.29, 0.717) is 10.1 Å². The molecule has 18 heavy (non-hydrogen) atoms. The zero-order chi connectivity index (χ0) is 13.1. The third-order valence-corrected chi connectivity index (χ3v) is 4.04. The van der Waals surface area contributed by atoms with Crippen molar-refractivity contribution in [1.82, 2.24) is 9.97 Å². The van der Waals surface area contributed by atoms with Crippen LogP contribution >= 0.6 is 27.7 Å². The quantitative estimate of drug-likeness (QED) is 0.901. The summed E-state index contributed by atoms with van der Waals surface area (Å²) in [6.45, 7) is 0. The fourth-order valence-electron chi connectivity index (χ4n) is 1.26. The summed E-state index contributed by atoms with van der Waals surface area (Å²) in [5, 5.41) is 10.1. The number of pyridine rings is 2.